The van der Waals surface area contributed by atoms with Crippen molar-refractivity contribution in [1.29, 1.82) is 0 Å². The van der Waals surface area contributed by atoms with Crippen molar-refractivity contribution in [2.75, 3.05) is 5.32 Å². The maximum atomic E-state index is 9.85. The van der Waals surface area contributed by atoms with Crippen LogP contribution in [0.2, 0.25) is 0 Å². The van der Waals surface area contributed by atoms with Gasteiger partial charge in [-0.2, -0.15) is 0 Å². The standard InChI is InChI=1S/C15H16BrNO2/c1-9-11(16)5-3-6-12(9)17-10(2)15-13(18)7-4-8-14(15)19/h3-8,10,17-19H,1-2H3. The van der Waals surface area contributed by atoms with E-state index in [1.165, 1.54) is 0 Å². The number of rotatable bonds is 3. The van der Waals surface area contributed by atoms with Gasteiger partial charge in [0.2, 0.25) is 0 Å². The Kier molecular flexibility index (Phi) is 4.00. The third-order valence-electron chi connectivity index (χ3n) is 3.13. The van der Waals surface area contributed by atoms with Crippen LogP contribution in [0.4, 0.5) is 5.69 Å². The van der Waals surface area contributed by atoms with E-state index in [2.05, 4.69) is 21.2 Å². The second-order valence-corrected chi connectivity index (χ2v) is 5.34. The summed E-state index contributed by atoms with van der Waals surface area (Å²) in [4.78, 5) is 0. The third-order valence-corrected chi connectivity index (χ3v) is 3.99. The highest BCUT2D eigenvalue weighted by Crippen LogP contribution is 2.35. The second kappa shape index (κ2) is 5.53. The van der Waals surface area contributed by atoms with Crippen molar-refractivity contribution < 1.29 is 10.2 Å². The lowest BCUT2D eigenvalue weighted by Gasteiger charge is -2.19. The molecule has 0 amide bonds. The van der Waals surface area contributed by atoms with Crippen LogP contribution < -0.4 is 5.32 Å². The van der Waals surface area contributed by atoms with Gasteiger partial charge in [-0.3, -0.25) is 0 Å². The molecule has 3 nitrogen and oxygen atoms in total. The summed E-state index contributed by atoms with van der Waals surface area (Å²) in [6, 6.07) is 10.4. The molecule has 1 atom stereocenters. The second-order valence-electron chi connectivity index (χ2n) is 4.49. The smallest absolute Gasteiger partial charge is 0.124 e. The molecule has 0 spiro atoms. The zero-order chi connectivity index (χ0) is 14.0. The molecular weight excluding hydrogens is 306 g/mol. The lowest BCUT2D eigenvalue weighted by Crippen LogP contribution is -2.08. The van der Waals surface area contributed by atoms with Crippen LogP contribution >= 0.6 is 15.9 Å². The summed E-state index contributed by atoms with van der Waals surface area (Å²) in [5, 5.41) is 23.0. The van der Waals surface area contributed by atoms with Gasteiger partial charge in [-0.15, -0.1) is 0 Å². The van der Waals surface area contributed by atoms with E-state index in [4.69, 9.17) is 0 Å². The Hall–Kier alpha value is -1.68. The fraction of sp³-hybridized carbons (Fsp3) is 0.200. The summed E-state index contributed by atoms with van der Waals surface area (Å²) in [6.45, 7) is 3.90. The lowest BCUT2D eigenvalue weighted by molar-refractivity contribution is 0.434. The monoisotopic (exact) mass is 321 g/mol. The van der Waals surface area contributed by atoms with Crippen molar-refractivity contribution >= 4 is 21.6 Å². The topological polar surface area (TPSA) is 52.5 Å². The number of nitrogens with one attached hydrogen (secondary N) is 1. The maximum Gasteiger partial charge on any atom is 0.124 e. The highest BCUT2D eigenvalue weighted by molar-refractivity contribution is 9.10. The summed E-state index contributed by atoms with van der Waals surface area (Å²) in [6.07, 6.45) is 0. The number of anilines is 1. The Morgan fingerprint density at radius 1 is 1.05 bits per heavy atom. The van der Waals surface area contributed by atoms with E-state index in [0.717, 1.165) is 15.7 Å². The van der Waals surface area contributed by atoms with Crippen LogP contribution in [0.15, 0.2) is 40.9 Å². The molecule has 0 saturated carbocycles. The number of aromatic hydroxyl groups is 2. The first-order chi connectivity index (χ1) is 9.00. The Morgan fingerprint density at radius 3 is 2.26 bits per heavy atom. The Labute approximate surface area is 121 Å². The molecule has 2 aromatic carbocycles. The number of phenols is 2. The molecular formula is C15H16BrNO2. The predicted molar refractivity (Wildman–Crippen MR) is 80.7 cm³/mol. The molecule has 0 bridgehead atoms. The molecule has 0 aliphatic rings. The molecule has 1 unspecified atom stereocenters. The Morgan fingerprint density at radius 2 is 1.63 bits per heavy atom. The van der Waals surface area contributed by atoms with Crippen LogP contribution in [0.3, 0.4) is 0 Å². The normalized spacial score (nSPS) is 12.2. The van der Waals surface area contributed by atoms with Crippen molar-refractivity contribution in [3.8, 4) is 11.5 Å². The summed E-state index contributed by atoms with van der Waals surface area (Å²) in [5.41, 5.74) is 2.55. The quantitative estimate of drug-likeness (QED) is 0.788. The van der Waals surface area contributed by atoms with Gasteiger partial charge in [-0.1, -0.05) is 28.1 Å². The average Bonchev–Trinajstić information content (AvgIpc) is 2.35. The zero-order valence-corrected chi connectivity index (χ0v) is 12.4. The third kappa shape index (κ3) is 2.84. The summed E-state index contributed by atoms with van der Waals surface area (Å²) in [5.74, 6) is 0.181. The van der Waals surface area contributed by atoms with Gasteiger partial charge in [-0.05, 0) is 43.7 Å². The fourth-order valence-electron chi connectivity index (χ4n) is 2.05. The van der Waals surface area contributed by atoms with Gasteiger partial charge in [-0.25, -0.2) is 0 Å². The van der Waals surface area contributed by atoms with Gasteiger partial charge >= 0.3 is 0 Å². The van der Waals surface area contributed by atoms with E-state index in [1.807, 2.05) is 32.0 Å². The molecule has 0 aliphatic carbocycles. The predicted octanol–water partition coefficient (Wildman–Crippen LogP) is 4.34. The number of phenolic OH excluding ortho intramolecular Hbond substituents is 2. The van der Waals surface area contributed by atoms with Gasteiger partial charge in [0, 0.05) is 10.2 Å². The van der Waals surface area contributed by atoms with Crippen molar-refractivity contribution in [3.05, 3.63) is 52.0 Å². The van der Waals surface area contributed by atoms with Crippen LogP contribution in [0.1, 0.15) is 24.1 Å². The highest BCUT2D eigenvalue weighted by Gasteiger charge is 2.15. The summed E-state index contributed by atoms with van der Waals surface area (Å²) >= 11 is 3.48. The minimum Gasteiger partial charge on any atom is -0.507 e. The molecule has 100 valence electrons. The first-order valence-electron chi connectivity index (χ1n) is 6.03. The van der Waals surface area contributed by atoms with Crippen LogP contribution in [-0.2, 0) is 0 Å². The molecule has 0 radical (unpaired) electrons. The van der Waals surface area contributed by atoms with Crippen molar-refractivity contribution in [3.63, 3.8) is 0 Å². The van der Waals surface area contributed by atoms with E-state index in [-0.39, 0.29) is 17.5 Å². The Bertz CT molecular complexity index is 578. The molecule has 2 rings (SSSR count). The Balaban J connectivity index is 2.31. The SMILES string of the molecule is Cc1c(Br)cccc1NC(C)c1c(O)cccc1O. The lowest BCUT2D eigenvalue weighted by atomic mass is 10.0. The van der Waals surface area contributed by atoms with E-state index in [0.29, 0.717) is 5.56 Å². The summed E-state index contributed by atoms with van der Waals surface area (Å²) < 4.78 is 1.02. The van der Waals surface area contributed by atoms with E-state index < -0.39 is 0 Å². The number of benzene rings is 2. The van der Waals surface area contributed by atoms with Gasteiger partial charge < -0.3 is 15.5 Å². The first-order valence-corrected chi connectivity index (χ1v) is 6.82. The van der Waals surface area contributed by atoms with E-state index >= 15 is 0 Å². The van der Waals surface area contributed by atoms with Gasteiger partial charge in [0.15, 0.2) is 0 Å². The van der Waals surface area contributed by atoms with Crippen LogP contribution in [-0.4, -0.2) is 10.2 Å². The van der Waals surface area contributed by atoms with Gasteiger partial charge in [0.05, 0.1) is 11.6 Å². The molecule has 3 N–H and O–H groups in total. The summed E-state index contributed by atoms with van der Waals surface area (Å²) in [7, 11) is 0. The maximum absolute atomic E-state index is 9.85. The van der Waals surface area contributed by atoms with Crippen molar-refractivity contribution in [2.24, 2.45) is 0 Å². The molecule has 2 aromatic rings. The number of hydrogen-bond acceptors (Lipinski definition) is 3. The molecule has 4 heteroatoms. The average molecular weight is 322 g/mol. The first kappa shape index (κ1) is 13.7. The molecule has 0 heterocycles. The van der Waals surface area contributed by atoms with E-state index in [1.54, 1.807) is 18.2 Å². The number of halogens is 1. The van der Waals surface area contributed by atoms with E-state index in [9.17, 15) is 10.2 Å². The molecule has 0 aliphatic heterocycles. The van der Waals surface area contributed by atoms with Crippen LogP contribution in [0.25, 0.3) is 0 Å². The van der Waals surface area contributed by atoms with Gasteiger partial charge in [0.25, 0.3) is 0 Å². The van der Waals surface area contributed by atoms with Gasteiger partial charge in [0.1, 0.15) is 11.5 Å². The molecule has 19 heavy (non-hydrogen) atoms. The van der Waals surface area contributed by atoms with Crippen LogP contribution in [0.5, 0.6) is 11.5 Å². The van der Waals surface area contributed by atoms with Crippen molar-refractivity contribution in [1.82, 2.24) is 0 Å². The minimum absolute atomic E-state index is 0.0904. The highest BCUT2D eigenvalue weighted by atomic mass is 79.9. The molecule has 0 fully saturated rings. The zero-order valence-electron chi connectivity index (χ0n) is 10.8. The fourth-order valence-corrected chi connectivity index (χ4v) is 2.42. The molecule has 0 saturated heterocycles. The largest absolute Gasteiger partial charge is 0.507 e. The minimum atomic E-state index is -0.200. The molecule has 0 aromatic heterocycles. The van der Waals surface area contributed by atoms with Crippen molar-refractivity contribution in [2.45, 2.75) is 19.9 Å². The van der Waals surface area contributed by atoms with Crippen LogP contribution in [0, 0.1) is 6.92 Å². The number of hydrogen-bond donors (Lipinski definition) is 3.